The predicted octanol–water partition coefficient (Wildman–Crippen LogP) is 7.19. The maximum atomic E-state index is 6.24. The number of nitrogens with one attached hydrogen (secondary N) is 1. The number of hydrogen-bond acceptors (Lipinski definition) is 2. The van der Waals surface area contributed by atoms with E-state index in [9.17, 15) is 0 Å². The lowest BCUT2D eigenvalue weighted by molar-refractivity contribution is 0.748. The van der Waals surface area contributed by atoms with Gasteiger partial charge in [0.2, 0.25) is 0 Å². The third-order valence-corrected chi connectivity index (χ3v) is 6.37. The van der Waals surface area contributed by atoms with Gasteiger partial charge in [-0.15, -0.1) is 0 Å². The van der Waals surface area contributed by atoms with Crippen molar-refractivity contribution in [2.75, 3.05) is 0 Å². The van der Waals surface area contributed by atoms with Crippen molar-refractivity contribution in [3.8, 4) is 0 Å². The molecule has 3 aromatic carbocycles. The van der Waals surface area contributed by atoms with Gasteiger partial charge in [-0.25, -0.2) is 0 Å². The highest BCUT2D eigenvalue weighted by Crippen LogP contribution is 2.26. The van der Waals surface area contributed by atoms with Crippen LogP contribution in [0.15, 0.2) is 76.3 Å². The molecular formula is C24H20BrCl2N3. The lowest BCUT2D eigenvalue weighted by atomic mass is 10.1. The zero-order chi connectivity index (χ0) is 21.1. The summed E-state index contributed by atoms with van der Waals surface area (Å²) in [6.07, 6.45) is 1.88. The number of nitrogens with zero attached hydrogens (tertiary/aromatic N) is 2. The monoisotopic (exact) mass is 499 g/mol. The molecule has 1 N–H and O–H groups in total. The normalized spacial score (nSPS) is 11.5. The molecule has 4 rings (SSSR count). The summed E-state index contributed by atoms with van der Waals surface area (Å²) in [5.41, 5.74) is 8.62. The van der Waals surface area contributed by atoms with Crippen LogP contribution in [-0.2, 0) is 13.1 Å². The average molecular weight is 501 g/mol. The molecule has 0 saturated heterocycles. The Bertz CT molecular complexity index is 1190. The van der Waals surface area contributed by atoms with E-state index in [0.717, 1.165) is 22.1 Å². The van der Waals surface area contributed by atoms with Gasteiger partial charge in [0.05, 0.1) is 12.8 Å². The molecule has 0 unspecified atom stereocenters. The van der Waals surface area contributed by atoms with Gasteiger partial charge in [0.15, 0.2) is 0 Å². The van der Waals surface area contributed by atoms with E-state index in [-0.39, 0.29) is 0 Å². The van der Waals surface area contributed by atoms with Crippen LogP contribution in [0.2, 0.25) is 10.0 Å². The minimum Gasteiger partial charge on any atom is -0.340 e. The number of para-hydroxylation sites is 1. The Kier molecular flexibility index (Phi) is 6.47. The quantitative estimate of drug-likeness (QED) is 0.220. The van der Waals surface area contributed by atoms with Crippen molar-refractivity contribution in [2.24, 2.45) is 5.10 Å². The highest BCUT2D eigenvalue weighted by Gasteiger charge is 2.13. The molecule has 0 aliphatic heterocycles. The van der Waals surface area contributed by atoms with Crippen molar-refractivity contribution >= 4 is 56.2 Å². The number of rotatable bonds is 6. The van der Waals surface area contributed by atoms with Crippen molar-refractivity contribution in [3.05, 3.63) is 104 Å². The fourth-order valence-corrected chi connectivity index (χ4v) is 4.33. The Hall–Kier alpha value is -2.27. The molecule has 0 atom stereocenters. The molecule has 1 heterocycles. The molecule has 0 spiro atoms. The number of hydrogen-bond donors (Lipinski definition) is 1. The van der Waals surface area contributed by atoms with Crippen LogP contribution in [-0.4, -0.2) is 10.8 Å². The van der Waals surface area contributed by atoms with E-state index < -0.39 is 0 Å². The fourth-order valence-electron chi connectivity index (χ4n) is 3.53. The van der Waals surface area contributed by atoms with Gasteiger partial charge in [0.25, 0.3) is 0 Å². The second-order valence-corrected chi connectivity index (χ2v) is 8.75. The standard InChI is InChI=1S/C24H20BrCl2N3/c1-16-20(13-28-29-14-21-22(26)6-4-7-23(21)27)19-5-2-3-8-24(19)30(16)15-17-9-11-18(25)12-10-17/h2-13,29H,14-15H2,1H3/b28-13+. The van der Waals surface area contributed by atoms with Gasteiger partial charge in [-0.3, -0.25) is 0 Å². The smallest absolute Gasteiger partial charge is 0.0609 e. The molecule has 1 aromatic heterocycles. The number of benzene rings is 3. The zero-order valence-corrected chi connectivity index (χ0v) is 19.5. The lowest BCUT2D eigenvalue weighted by Crippen LogP contribution is -2.07. The second kappa shape index (κ2) is 9.25. The summed E-state index contributed by atoms with van der Waals surface area (Å²) in [6.45, 7) is 3.40. The number of halogens is 3. The van der Waals surface area contributed by atoms with E-state index in [4.69, 9.17) is 23.2 Å². The molecule has 0 saturated carbocycles. The van der Waals surface area contributed by atoms with Crippen LogP contribution in [0.25, 0.3) is 10.9 Å². The van der Waals surface area contributed by atoms with E-state index in [1.165, 1.54) is 22.2 Å². The largest absolute Gasteiger partial charge is 0.340 e. The van der Waals surface area contributed by atoms with Crippen LogP contribution in [0, 0.1) is 6.92 Å². The van der Waals surface area contributed by atoms with Crippen molar-refractivity contribution in [3.63, 3.8) is 0 Å². The van der Waals surface area contributed by atoms with E-state index >= 15 is 0 Å². The van der Waals surface area contributed by atoms with Gasteiger partial charge >= 0.3 is 0 Å². The molecule has 0 fully saturated rings. The third-order valence-electron chi connectivity index (χ3n) is 5.14. The molecule has 30 heavy (non-hydrogen) atoms. The van der Waals surface area contributed by atoms with Gasteiger partial charge in [0.1, 0.15) is 0 Å². The van der Waals surface area contributed by atoms with Crippen LogP contribution in [0.1, 0.15) is 22.4 Å². The Labute approximate surface area is 194 Å². The SMILES string of the molecule is Cc1c(/C=N/NCc2c(Cl)cccc2Cl)c2ccccc2n1Cc1ccc(Br)cc1. The molecule has 0 aliphatic rings. The van der Waals surface area contributed by atoms with Crippen LogP contribution in [0.3, 0.4) is 0 Å². The Morgan fingerprint density at radius 1 is 0.967 bits per heavy atom. The first-order valence-corrected chi connectivity index (χ1v) is 11.1. The topological polar surface area (TPSA) is 29.3 Å². The van der Waals surface area contributed by atoms with Crippen molar-refractivity contribution in [1.82, 2.24) is 9.99 Å². The van der Waals surface area contributed by atoms with Crippen LogP contribution >= 0.6 is 39.1 Å². The molecule has 6 heteroatoms. The van der Waals surface area contributed by atoms with Gasteiger partial charge in [-0.2, -0.15) is 5.10 Å². The van der Waals surface area contributed by atoms with Crippen LogP contribution in [0.5, 0.6) is 0 Å². The average Bonchev–Trinajstić information content (AvgIpc) is 3.00. The fraction of sp³-hybridized carbons (Fsp3) is 0.125. The predicted molar refractivity (Wildman–Crippen MR) is 131 cm³/mol. The highest BCUT2D eigenvalue weighted by molar-refractivity contribution is 9.10. The number of fused-ring (bicyclic) bond motifs is 1. The maximum absolute atomic E-state index is 6.24. The van der Waals surface area contributed by atoms with Crippen molar-refractivity contribution in [1.29, 1.82) is 0 Å². The van der Waals surface area contributed by atoms with E-state index in [2.05, 4.69) is 86.5 Å². The molecule has 0 bridgehead atoms. The third kappa shape index (κ3) is 4.41. The number of aromatic nitrogens is 1. The molecule has 0 amide bonds. The van der Waals surface area contributed by atoms with Crippen molar-refractivity contribution < 1.29 is 0 Å². The van der Waals surface area contributed by atoms with Gasteiger partial charge < -0.3 is 9.99 Å². The van der Waals surface area contributed by atoms with E-state index in [1.807, 2.05) is 24.4 Å². The first-order chi connectivity index (χ1) is 14.5. The first kappa shape index (κ1) is 21.0. The van der Waals surface area contributed by atoms with E-state index in [0.29, 0.717) is 16.6 Å². The number of hydrazone groups is 1. The summed E-state index contributed by atoms with van der Waals surface area (Å²) < 4.78 is 3.41. The molecule has 4 aromatic rings. The summed E-state index contributed by atoms with van der Waals surface area (Å²) in [6, 6.07) is 22.3. The minimum absolute atomic E-state index is 0.464. The molecule has 0 radical (unpaired) electrons. The summed E-state index contributed by atoms with van der Waals surface area (Å²) in [7, 11) is 0. The lowest BCUT2D eigenvalue weighted by Gasteiger charge is -2.09. The van der Waals surface area contributed by atoms with Gasteiger partial charge in [0, 0.05) is 48.8 Å². The summed E-state index contributed by atoms with van der Waals surface area (Å²) in [4.78, 5) is 0. The van der Waals surface area contributed by atoms with Gasteiger partial charge in [-0.1, -0.05) is 75.5 Å². The van der Waals surface area contributed by atoms with Crippen molar-refractivity contribution in [2.45, 2.75) is 20.0 Å². The van der Waals surface area contributed by atoms with Gasteiger partial charge in [-0.05, 0) is 42.8 Å². The zero-order valence-electron chi connectivity index (χ0n) is 16.4. The Morgan fingerprint density at radius 3 is 2.40 bits per heavy atom. The Morgan fingerprint density at radius 2 is 1.67 bits per heavy atom. The summed E-state index contributed by atoms with van der Waals surface area (Å²) in [5.74, 6) is 0. The second-order valence-electron chi connectivity index (χ2n) is 7.02. The van der Waals surface area contributed by atoms with Crippen LogP contribution < -0.4 is 5.43 Å². The summed E-state index contributed by atoms with van der Waals surface area (Å²) in [5, 5.41) is 6.89. The molecular weight excluding hydrogens is 481 g/mol. The molecule has 0 aliphatic carbocycles. The first-order valence-electron chi connectivity index (χ1n) is 9.55. The maximum Gasteiger partial charge on any atom is 0.0609 e. The highest BCUT2D eigenvalue weighted by atomic mass is 79.9. The van der Waals surface area contributed by atoms with E-state index in [1.54, 1.807) is 0 Å². The summed E-state index contributed by atoms with van der Waals surface area (Å²) >= 11 is 16.0. The molecule has 152 valence electrons. The van der Waals surface area contributed by atoms with Crippen LogP contribution in [0.4, 0.5) is 0 Å². The Balaban J connectivity index is 1.60. The molecule has 3 nitrogen and oxygen atoms in total. The minimum atomic E-state index is 0.464.